The molecule has 0 aliphatic rings. The van der Waals surface area contributed by atoms with Crippen molar-refractivity contribution in [1.82, 2.24) is 15.2 Å². The molecule has 8 nitrogen and oxygen atoms in total. The highest BCUT2D eigenvalue weighted by atomic mass is 16.6. The second-order valence-corrected chi connectivity index (χ2v) is 4.16. The molecule has 100 valence electrons. The van der Waals surface area contributed by atoms with Gasteiger partial charge in [-0.1, -0.05) is 0 Å². The molecule has 0 aliphatic heterocycles. The van der Waals surface area contributed by atoms with Crippen molar-refractivity contribution in [3.05, 3.63) is 46.6 Å². The highest BCUT2D eigenvalue weighted by molar-refractivity contribution is 5.83. The third-order valence-electron chi connectivity index (χ3n) is 2.80. The Labute approximate surface area is 112 Å². The predicted octanol–water partition coefficient (Wildman–Crippen LogP) is 2.19. The molecule has 2 heterocycles. The maximum absolute atomic E-state index is 11.0. The zero-order valence-corrected chi connectivity index (χ0v) is 10.2. The Kier molecular flexibility index (Phi) is 2.68. The predicted molar refractivity (Wildman–Crippen MR) is 74.7 cm³/mol. The quantitative estimate of drug-likeness (QED) is 0.495. The number of fused-ring (bicyclic) bond motifs is 1. The summed E-state index contributed by atoms with van der Waals surface area (Å²) in [6.07, 6.45) is 1.67. The van der Waals surface area contributed by atoms with Gasteiger partial charge < -0.3 is 11.1 Å². The maximum atomic E-state index is 11.0. The number of rotatable bonds is 3. The van der Waals surface area contributed by atoms with E-state index in [-0.39, 0.29) is 17.3 Å². The second-order valence-electron chi connectivity index (χ2n) is 4.16. The molecule has 0 saturated carbocycles. The number of H-pyrrole nitrogens is 1. The molecule has 0 amide bonds. The number of nitro groups is 1. The summed E-state index contributed by atoms with van der Waals surface area (Å²) in [4.78, 5) is 14.4. The average molecular weight is 270 g/mol. The van der Waals surface area contributed by atoms with Gasteiger partial charge in [-0.05, 0) is 24.3 Å². The van der Waals surface area contributed by atoms with Crippen molar-refractivity contribution in [3.63, 3.8) is 0 Å². The minimum atomic E-state index is -0.509. The van der Waals surface area contributed by atoms with E-state index < -0.39 is 4.92 Å². The smallest absolute Gasteiger partial charge is 0.311 e. The van der Waals surface area contributed by atoms with Crippen molar-refractivity contribution in [2.75, 3.05) is 11.1 Å². The Hall–Kier alpha value is -3.16. The maximum Gasteiger partial charge on any atom is 0.311 e. The zero-order valence-electron chi connectivity index (χ0n) is 10.2. The fourth-order valence-electron chi connectivity index (χ4n) is 1.86. The van der Waals surface area contributed by atoms with E-state index in [1.165, 1.54) is 12.1 Å². The number of hydrogen-bond acceptors (Lipinski definition) is 6. The molecule has 20 heavy (non-hydrogen) atoms. The third kappa shape index (κ3) is 2.09. The Morgan fingerprint density at radius 3 is 2.95 bits per heavy atom. The lowest BCUT2D eigenvalue weighted by Crippen LogP contribution is -2.01. The molecular formula is C12H10N6O2. The van der Waals surface area contributed by atoms with E-state index in [4.69, 9.17) is 5.73 Å². The highest BCUT2D eigenvalue weighted by Gasteiger charge is 2.15. The fraction of sp³-hybridized carbons (Fsp3) is 0. The van der Waals surface area contributed by atoms with Crippen molar-refractivity contribution in [1.29, 1.82) is 0 Å². The van der Waals surface area contributed by atoms with E-state index in [0.29, 0.717) is 5.69 Å². The summed E-state index contributed by atoms with van der Waals surface area (Å²) >= 11 is 0. The van der Waals surface area contributed by atoms with E-state index >= 15 is 0 Å². The van der Waals surface area contributed by atoms with Gasteiger partial charge in [0.05, 0.1) is 16.6 Å². The number of pyridine rings is 1. The molecule has 0 atom stereocenters. The number of aromatic amines is 1. The number of nitrogens with zero attached hydrogens (tertiary/aromatic N) is 3. The van der Waals surface area contributed by atoms with Crippen LogP contribution in [0.5, 0.6) is 0 Å². The second kappa shape index (κ2) is 4.50. The Balaban J connectivity index is 2.01. The first kappa shape index (κ1) is 11.9. The first-order chi connectivity index (χ1) is 9.63. The number of aromatic nitrogens is 3. The lowest BCUT2D eigenvalue weighted by Gasteiger charge is -2.06. The van der Waals surface area contributed by atoms with Crippen LogP contribution in [0.1, 0.15) is 0 Å². The molecule has 8 heteroatoms. The summed E-state index contributed by atoms with van der Waals surface area (Å²) in [6.45, 7) is 0. The van der Waals surface area contributed by atoms with E-state index in [1.54, 1.807) is 12.3 Å². The van der Waals surface area contributed by atoms with Crippen LogP contribution in [0.4, 0.5) is 23.0 Å². The Morgan fingerprint density at radius 2 is 2.15 bits per heavy atom. The summed E-state index contributed by atoms with van der Waals surface area (Å²) in [5.41, 5.74) is 6.98. The first-order valence-corrected chi connectivity index (χ1v) is 5.74. The molecule has 1 aromatic carbocycles. The summed E-state index contributed by atoms with van der Waals surface area (Å²) < 4.78 is 0. The number of nitrogen functional groups attached to an aromatic ring is 1. The van der Waals surface area contributed by atoms with Gasteiger partial charge in [0.2, 0.25) is 5.82 Å². The molecule has 2 aromatic heterocycles. The van der Waals surface area contributed by atoms with Crippen molar-refractivity contribution in [2.45, 2.75) is 0 Å². The van der Waals surface area contributed by atoms with Crippen LogP contribution in [0.2, 0.25) is 0 Å². The number of nitrogens with two attached hydrogens (primary N) is 1. The standard InChI is InChI=1S/C12H10N6O2/c13-11-4-3-10(18(19)20)12(16-11)15-8-1-2-9-7(5-8)6-14-17-9/h1-6H,(H,14,17)(H3,13,15,16). The average Bonchev–Trinajstić information content (AvgIpc) is 2.85. The van der Waals surface area contributed by atoms with Crippen molar-refractivity contribution in [2.24, 2.45) is 0 Å². The van der Waals surface area contributed by atoms with Crippen molar-refractivity contribution in [3.8, 4) is 0 Å². The van der Waals surface area contributed by atoms with E-state index in [0.717, 1.165) is 10.9 Å². The van der Waals surface area contributed by atoms with Crippen LogP contribution in [0, 0.1) is 10.1 Å². The minimum absolute atomic E-state index is 0.109. The van der Waals surface area contributed by atoms with Gasteiger partial charge in [-0.2, -0.15) is 5.10 Å². The van der Waals surface area contributed by atoms with Crippen LogP contribution in [-0.4, -0.2) is 20.1 Å². The van der Waals surface area contributed by atoms with Crippen LogP contribution in [0.15, 0.2) is 36.5 Å². The monoisotopic (exact) mass is 270 g/mol. The molecule has 0 fully saturated rings. The molecule has 4 N–H and O–H groups in total. The summed E-state index contributed by atoms with van der Waals surface area (Å²) in [5, 5.41) is 21.5. The van der Waals surface area contributed by atoms with Gasteiger partial charge in [0.1, 0.15) is 5.82 Å². The molecular weight excluding hydrogens is 260 g/mol. The van der Waals surface area contributed by atoms with Crippen molar-refractivity contribution < 1.29 is 4.92 Å². The van der Waals surface area contributed by atoms with Gasteiger partial charge in [0, 0.05) is 17.1 Å². The number of benzene rings is 1. The van der Waals surface area contributed by atoms with Gasteiger partial charge >= 0.3 is 5.69 Å². The van der Waals surface area contributed by atoms with Crippen LogP contribution < -0.4 is 11.1 Å². The number of anilines is 3. The van der Waals surface area contributed by atoms with Gasteiger partial charge in [-0.15, -0.1) is 0 Å². The molecule has 0 radical (unpaired) electrons. The zero-order chi connectivity index (χ0) is 14.1. The van der Waals surface area contributed by atoms with Gasteiger partial charge in [-0.3, -0.25) is 15.2 Å². The topological polar surface area (TPSA) is 123 Å². The molecule has 3 aromatic rings. The Morgan fingerprint density at radius 1 is 1.30 bits per heavy atom. The minimum Gasteiger partial charge on any atom is -0.384 e. The third-order valence-corrected chi connectivity index (χ3v) is 2.80. The van der Waals surface area contributed by atoms with Crippen LogP contribution in [0.25, 0.3) is 10.9 Å². The number of hydrogen-bond donors (Lipinski definition) is 3. The molecule has 3 rings (SSSR count). The Bertz CT molecular complexity index is 797. The largest absolute Gasteiger partial charge is 0.384 e. The summed E-state index contributed by atoms with van der Waals surface area (Å²) in [6, 6.07) is 8.12. The lowest BCUT2D eigenvalue weighted by atomic mass is 10.2. The first-order valence-electron chi connectivity index (χ1n) is 5.74. The van der Waals surface area contributed by atoms with E-state index in [2.05, 4.69) is 20.5 Å². The van der Waals surface area contributed by atoms with Gasteiger partial charge in [-0.25, -0.2) is 4.98 Å². The normalized spacial score (nSPS) is 10.6. The number of nitrogens with one attached hydrogen (secondary N) is 2. The van der Waals surface area contributed by atoms with Crippen LogP contribution in [-0.2, 0) is 0 Å². The van der Waals surface area contributed by atoms with E-state index in [9.17, 15) is 10.1 Å². The molecule has 0 spiro atoms. The summed E-state index contributed by atoms with van der Waals surface area (Å²) in [5.74, 6) is 0.320. The SMILES string of the molecule is Nc1ccc([N+](=O)[O-])c(Nc2ccc3[nH]ncc3c2)n1. The van der Waals surface area contributed by atoms with Crippen LogP contribution in [0.3, 0.4) is 0 Å². The molecule has 0 saturated heterocycles. The van der Waals surface area contributed by atoms with Crippen LogP contribution >= 0.6 is 0 Å². The highest BCUT2D eigenvalue weighted by Crippen LogP contribution is 2.27. The fourth-order valence-corrected chi connectivity index (χ4v) is 1.86. The van der Waals surface area contributed by atoms with Gasteiger partial charge in [0.15, 0.2) is 0 Å². The summed E-state index contributed by atoms with van der Waals surface area (Å²) in [7, 11) is 0. The van der Waals surface area contributed by atoms with Crippen molar-refractivity contribution >= 4 is 33.9 Å². The molecule has 0 aliphatic carbocycles. The lowest BCUT2D eigenvalue weighted by molar-refractivity contribution is -0.384. The molecule has 0 bridgehead atoms. The molecule has 0 unspecified atom stereocenters. The van der Waals surface area contributed by atoms with Gasteiger partial charge in [0.25, 0.3) is 0 Å². The van der Waals surface area contributed by atoms with E-state index in [1.807, 2.05) is 12.1 Å².